The molecule has 0 aliphatic carbocycles. The van der Waals surface area contributed by atoms with Crippen LogP contribution in [0.15, 0.2) is 24.3 Å². The predicted octanol–water partition coefficient (Wildman–Crippen LogP) is 3.55. The van der Waals surface area contributed by atoms with Gasteiger partial charge in [-0.15, -0.1) is 0 Å². The number of nitrogens with zero attached hydrogens (tertiary/aromatic N) is 1. The van der Waals surface area contributed by atoms with Crippen molar-refractivity contribution in [3.05, 3.63) is 24.3 Å². The van der Waals surface area contributed by atoms with Crippen LogP contribution in [0.1, 0.15) is 39.5 Å². The summed E-state index contributed by atoms with van der Waals surface area (Å²) < 4.78 is 11.5. The molecule has 0 bridgehead atoms. The minimum atomic E-state index is 0.160. The fourth-order valence-corrected chi connectivity index (χ4v) is 3.62. The molecule has 2 fully saturated rings. The van der Waals surface area contributed by atoms with Crippen molar-refractivity contribution in [2.75, 3.05) is 38.2 Å². The molecule has 2 saturated heterocycles. The van der Waals surface area contributed by atoms with E-state index in [1.165, 1.54) is 0 Å². The van der Waals surface area contributed by atoms with Crippen molar-refractivity contribution in [3.63, 3.8) is 0 Å². The fourth-order valence-electron chi connectivity index (χ4n) is 3.62. The molecule has 0 saturated carbocycles. The molecule has 1 amide bonds. The van der Waals surface area contributed by atoms with Gasteiger partial charge >= 0.3 is 0 Å². The van der Waals surface area contributed by atoms with Gasteiger partial charge in [0.15, 0.2) is 0 Å². The Bertz CT molecular complexity index is 576. The minimum Gasteiger partial charge on any atom is -0.486 e. The average Bonchev–Trinajstić information content (AvgIpc) is 3.14. The zero-order valence-corrected chi connectivity index (χ0v) is 16.1. The number of hydrogen-bond donors (Lipinski definition) is 1. The van der Waals surface area contributed by atoms with E-state index in [0.717, 1.165) is 56.9 Å². The van der Waals surface area contributed by atoms with Crippen molar-refractivity contribution >= 4 is 11.6 Å². The molecule has 0 radical (unpaired) electrons. The van der Waals surface area contributed by atoms with Gasteiger partial charge in [0.05, 0.1) is 18.9 Å². The Kier molecular flexibility index (Phi) is 6.78. The second-order valence-electron chi connectivity index (χ2n) is 7.90. The van der Waals surface area contributed by atoms with E-state index in [9.17, 15) is 4.79 Å². The van der Waals surface area contributed by atoms with E-state index in [1.54, 1.807) is 0 Å². The van der Waals surface area contributed by atoms with Crippen molar-refractivity contribution in [1.29, 1.82) is 0 Å². The monoisotopic (exact) mass is 360 g/mol. The number of nitrogens with one attached hydrogen (secondary N) is 1. The van der Waals surface area contributed by atoms with E-state index in [0.29, 0.717) is 30.8 Å². The van der Waals surface area contributed by atoms with Crippen molar-refractivity contribution < 1.29 is 14.3 Å². The first kappa shape index (κ1) is 19.0. The Balaban J connectivity index is 1.46. The van der Waals surface area contributed by atoms with Crippen molar-refractivity contribution in [2.24, 2.45) is 11.8 Å². The molecule has 1 unspecified atom stereocenters. The Morgan fingerprint density at radius 2 is 2.04 bits per heavy atom. The predicted molar refractivity (Wildman–Crippen MR) is 104 cm³/mol. The highest BCUT2D eigenvalue weighted by Crippen LogP contribution is 2.28. The summed E-state index contributed by atoms with van der Waals surface area (Å²) in [7, 11) is 0. The second kappa shape index (κ2) is 9.26. The van der Waals surface area contributed by atoms with Crippen LogP contribution in [0.25, 0.3) is 0 Å². The van der Waals surface area contributed by atoms with Crippen LogP contribution < -0.4 is 10.1 Å². The zero-order chi connectivity index (χ0) is 18.4. The van der Waals surface area contributed by atoms with Crippen molar-refractivity contribution in [1.82, 2.24) is 4.90 Å². The highest BCUT2D eigenvalue weighted by Gasteiger charge is 2.23. The standard InChI is InChI=1S/C21H32N2O3/c1-16(2)13-21(24)23-10-7-17(8-11-23)14-22-19-5-3-4-6-20(19)26-18-9-12-25-15-18/h3-6,16-18,22H,7-15H2,1-2H3. The van der Waals surface area contributed by atoms with Crippen LogP contribution in [-0.2, 0) is 9.53 Å². The summed E-state index contributed by atoms with van der Waals surface area (Å²) in [5.41, 5.74) is 1.05. The molecule has 1 N–H and O–H groups in total. The number of piperidine rings is 1. The van der Waals surface area contributed by atoms with Crippen molar-refractivity contribution in [2.45, 2.75) is 45.6 Å². The normalized spacial score (nSPS) is 21.2. The summed E-state index contributed by atoms with van der Waals surface area (Å²) in [5, 5.41) is 3.56. The van der Waals surface area contributed by atoms with Crippen LogP contribution in [0.3, 0.4) is 0 Å². The summed E-state index contributed by atoms with van der Waals surface area (Å²) in [5.74, 6) is 2.25. The third-order valence-corrected chi connectivity index (χ3v) is 5.20. The number of amides is 1. The smallest absolute Gasteiger partial charge is 0.222 e. The molecular weight excluding hydrogens is 328 g/mol. The molecular formula is C21H32N2O3. The zero-order valence-electron chi connectivity index (χ0n) is 16.1. The highest BCUT2D eigenvalue weighted by molar-refractivity contribution is 5.76. The Morgan fingerprint density at radius 1 is 1.27 bits per heavy atom. The third-order valence-electron chi connectivity index (χ3n) is 5.20. The Hall–Kier alpha value is -1.75. The molecule has 144 valence electrons. The van der Waals surface area contributed by atoms with Gasteiger partial charge in [-0.1, -0.05) is 26.0 Å². The van der Waals surface area contributed by atoms with Gasteiger partial charge in [0.25, 0.3) is 0 Å². The third kappa shape index (κ3) is 5.37. The number of likely N-dealkylation sites (tertiary alicyclic amines) is 1. The van der Waals surface area contributed by atoms with E-state index < -0.39 is 0 Å². The molecule has 2 aliphatic rings. The van der Waals surface area contributed by atoms with Gasteiger partial charge in [-0.05, 0) is 36.8 Å². The molecule has 1 atom stereocenters. The molecule has 5 heteroatoms. The lowest BCUT2D eigenvalue weighted by Crippen LogP contribution is -2.40. The summed E-state index contributed by atoms with van der Waals surface area (Å²) in [4.78, 5) is 14.2. The number of carbonyl (C=O) groups is 1. The first-order valence-electron chi connectivity index (χ1n) is 9.97. The number of carbonyl (C=O) groups excluding carboxylic acids is 1. The summed E-state index contributed by atoms with van der Waals surface area (Å²) in [6.45, 7) is 8.36. The fraction of sp³-hybridized carbons (Fsp3) is 0.667. The van der Waals surface area contributed by atoms with Gasteiger partial charge in [0.1, 0.15) is 11.9 Å². The van der Waals surface area contributed by atoms with E-state index in [4.69, 9.17) is 9.47 Å². The van der Waals surface area contributed by atoms with Gasteiger partial charge in [0, 0.05) is 32.5 Å². The molecule has 0 spiro atoms. The summed E-state index contributed by atoms with van der Waals surface area (Å²) in [6, 6.07) is 8.14. The number of benzene rings is 1. The molecule has 1 aromatic carbocycles. The van der Waals surface area contributed by atoms with Crippen molar-refractivity contribution in [3.8, 4) is 5.75 Å². The van der Waals surface area contributed by atoms with Crippen LogP contribution in [-0.4, -0.2) is 49.8 Å². The van der Waals surface area contributed by atoms with Crippen LogP contribution in [0.4, 0.5) is 5.69 Å². The average molecular weight is 360 g/mol. The van der Waals surface area contributed by atoms with Gasteiger partial charge < -0.3 is 19.7 Å². The largest absolute Gasteiger partial charge is 0.486 e. The molecule has 3 rings (SSSR count). The number of para-hydroxylation sites is 2. The molecule has 0 aromatic heterocycles. The number of anilines is 1. The summed E-state index contributed by atoms with van der Waals surface area (Å²) in [6.07, 6.45) is 3.91. The van der Waals surface area contributed by atoms with E-state index in [-0.39, 0.29) is 6.10 Å². The quantitative estimate of drug-likeness (QED) is 0.808. The molecule has 2 aliphatic heterocycles. The highest BCUT2D eigenvalue weighted by atomic mass is 16.5. The van der Waals surface area contributed by atoms with Crippen LogP contribution >= 0.6 is 0 Å². The van der Waals surface area contributed by atoms with Crippen LogP contribution in [0.2, 0.25) is 0 Å². The van der Waals surface area contributed by atoms with Gasteiger partial charge in [0.2, 0.25) is 5.91 Å². The molecule has 26 heavy (non-hydrogen) atoms. The Labute approximate surface area is 157 Å². The van der Waals surface area contributed by atoms with E-state index in [2.05, 4.69) is 25.2 Å². The molecule has 2 heterocycles. The number of hydrogen-bond acceptors (Lipinski definition) is 4. The van der Waals surface area contributed by atoms with E-state index >= 15 is 0 Å². The maximum absolute atomic E-state index is 12.2. The first-order chi connectivity index (χ1) is 12.6. The second-order valence-corrected chi connectivity index (χ2v) is 7.90. The van der Waals surface area contributed by atoms with Crippen LogP contribution in [0.5, 0.6) is 5.75 Å². The first-order valence-corrected chi connectivity index (χ1v) is 9.97. The SMILES string of the molecule is CC(C)CC(=O)N1CCC(CNc2ccccc2OC2CCOC2)CC1. The number of rotatable bonds is 7. The van der Waals surface area contributed by atoms with E-state index in [1.807, 2.05) is 23.1 Å². The lowest BCUT2D eigenvalue weighted by Gasteiger charge is -2.33. The topological polar surface area (TPSA) is 50.8 Å². The van der Waals surface area contributed by atoms with Gasteiger partial charge in [-0.3, -0.25) is 4.79 Å². The lowest BCUT2D eigenvalue weighted by atomic mass is 9.96. The Morgan fingerprint density at radius 3 is 2.73 bits per heavy atom. The summed E-state index contributed by atoms with van der Waals surface area (Å²) >= 11 is 0. The number of ether oxygens (including phenoxy) is 2. The lowest BCUT2D eigenvalue weighted by molar-refractivity contribution is -0.133. The molecule has 5 nitrogen and oxygen atoms in total. The van der Waals surface area contributed by atoms with Gasteiger partial charge in [-0.2, -0.15) is 0 Å². The maximum Gasteiger partial charge on any atom is 0.222 e. The minimum absolute atomic E-state index is 0.160. The van der Waals surface area contributed by atoms with Crippen LogP contribution in [0, 0.1) is 11.8 Å². The maximum atomic E-state index is 12.2. The molecule has 1 aromatic rings. The van der Waals surface area contributed by atoms with Gasteiger partial charge in [-0.25, -0.2) is 0 Å².